The van der Waals surface area contributed by atoms with Gasteiger partial charge in [0, 0.05) is 29.5 Å². The number of nitro benzene ring substituents is 1. The van der Waals surface area contributed by atoms with Crippen LogP contribution < -0.4 is 9.47 Å². The number of ether oxygens (including phenoxy) is 2. The molecule has 2 aromatic rings. The second-order valence-electron chi connectivity index (χ2n) is 4.59. The van der Waals surface area contributed by atoms with E-state index in [1.165, 1.54) is 12.1 Å². The summed E-state index contributed by atoms with van der Waals surface area (Å²) >= 11 is 0. The van der Waals surface area contributed by atoms with Crippen molar-refractivity contribution in [2.45, 2.75) is 20.5 Å². The van der Waals surface area contributed by atoms with Crippen LogP contribution >= 0.6 is 0 Å². The third kappa shape index (κ3) is 3.28. The largest absolute Gasteiger partial charge is 0.496 e. The molecule has 21 heavy (non-hydrogen) atoms. The monoisotopic (exact) mass is 288 g/mol. The maximum absolute atomic E-state index is 10.6. The van der Waals surface area contributed by atoms with E-state index in [9.17, 15) is 10.1 Å². The minimum Gasteiger partial charge on any atom is -0.496 e. The van der Waals surface area contributed by atoms with Crippen LogP contribution in [0.5, 0.6) is 11.5 Å². The number of hydrogen-bond acceptors (Lipinski definition) is 5. The van der Waals surface area contributed by atoms with Crippen molar-refractivity contribution in [3.8, 4) is 11.5 Å². The molecule has 0 radical (unpaired) electrons. The SMILES string of the molecule is COc1c(C)cnc(COc2ccc([N+](=O)[O-])cc2)c1C. The number of benzene rings is 1. The highest BCUT2D eigenvalue weighted by Gasteiger charge is 2.10. The number of non-ortho nitro benzene ring substituents is 1. The average Bonchev–Trinajstić information content (AvgIpc) is 2.47. The lowest BCUT2D eigenvalue weighted by atomic mass is 10.1. The second-order valence-corrected chi connectivity index (χ2v) is 4.59. The van der Waals surface area contributed by atoms with E-state index in [1.807, 2.05) is 13.8 Å². The standard InChI is InChI=1S/C15H16N2O4/c1-10-8-16-14(11(2)15(10)20-3)9-21-13-6-4-12(5-7-13)17(18)19/h4-8H,9H2,1-3H3. The van der Waals surface area contributed by atoms with Crippen LogP contribution in [-0.4, -0.2) is 17.0 Å². The number of nitro groups is 1. The van der Waals surface area contributed by atoms with Crippen molar-refractivity contribution in [1.82, 2.24) is 4.98 Å². The summed E-state index contributed by atoms with van der Waals surface area (Å²) in [7, 11) is 1.62. The Bertz CT molecular complexity index is 653. The number of aromatic nitrogens is 1. The van der Waals surface area contributed by atoms with Gasteiger partial charge in [-0.25, -0.2) is 0 Å². The fraction of sp³-hybridized carbons (Fsp3) is 0.267. The van der Waals surface area contributed by atoms with E-state index in [4.69, 9.17) is 9.47 Å². The molecule has 0 atom stereocenters. The predicted molar refractivity (Wildman–Crippen MR) is 77.7 cm³/mol. The molecule has 0 spiro atoms. The number of hydrogen-bond donors (Lipinski definition) is 0. The summed E-state index contributed by atoms with van der Waals surface area (Å²) in [5.41, 5.74) is 2.71. The Kier molecular flexibility index (Phi) is 4.37. The van der Waals surface area contributed by atoms with Gasteiger partial charge < -0.3 is 9.47 Å². The molecular weight excluding hydrogens is 272 g/mol. The normalized spacial score (nSPS) is 10.2. The molecule has 0 fully saturated rings. The van der Waals surface area contributed by atoms with Crippen molar-refractivity contribution < 1.29 is 14.4 Å². The van der Waals surface area contributed by atoms with Crippen LogP contribution in [0.25, 0.3) is 0 Å². The molecule has 0 aliphatic heterocycles. The Hall–Kier alpha value is -2.63. The fourth-order valence-corrected chi connectivity index (χ4v) is 2.03. The maximum atomic E-state index is 10.6. The fourth-order valence-electron chi connectivity index (χ4n) is 2.03. The first-order valence-corrected chi connectivity index (χ1v) is 6.39. The van der Waals surface area contributed by atoms with Crippen molar-refractivity contribution in [3.05, 3.63) is 57.4 Å². The Morgan fingerprint density at radius 2 is 1.90 bits per heavy atom. The van der Waals surface area contributed by atoms with Crippen LogP contribution in [0, 0.1) is 24.0 Å². The summed E-state index contributed by atoms with van der Waals surface area (Å²) in [5, 5.41) is 10.6. The lowest BCUT2D eigenvalue weighted by Gasteiger charge is -2.12. The van der Waals surface area contributed by atoms with Gasteiger partial charge in [-0.05, 0) is 26.0 Å². The highest BCUT2D eigenvalue weighted by Crippen LogP contribution is 2.25. The van der Waals surface area contributed by atoms with Crippen molar-refractivity contribution in [3.63, 3.8) is 0 Å². The summed E-state index contributed by atoms with van der Waals surface area (Å²) < 4.78 is 10.9. The Labute approximate surface area is 122 Å². The van der Waals surface area contributed by atoms with Gasteiger partial charge in [0.2, 0.25) is 0 Å². The molecule has 0 aliphatic rings. The molecule has 1 aromatic heterocycles. The van der Waals surface area contributed by atoms with Crippen LogP contribution in [-0.2, 0) is 6.61 Å². The van der Waals surface area contributed by atoms with Crippen LogP contribution in [0.3, 0.4) is 0 Å². The lowest BCUT2D eigenvalue weighted by Crippen LogP contribution is -2.04. The molecule has 0 N–H and O–H groups in total. The van der Waals surface area contributed by atoms with Crippen LogP contribution in [0.2, 0.25) is 0 Å². The molecule has 6 nitrogen and oxygen atoms in total. The zero-order valence-electron chi connectivity index (χ0n) is 12.1. The number of rotatable bonds is 5. The van der Waals surface area contributed by atoms with Gasteiger partial charge in [-0.15, -0.1) is 0 Å². The topological polar surface area (TPSA) is 74.5 Å². The summed E-state index contributed by atoms with van der Waals surface area (Å²) in [6.45, 7) is 4.13. The van der Waals surface area contributed by atoms with Gasteiger partial charge in [0.15, 0.2) is 0 Å². The number of nitrogens with zero attached hydrogens (tertiary/aromatic N) is 2. The smallest absolute Gasteiger partial charge is 0.269 e. The minimum atomic E-state index is -0.444. The molecular formula is C15H16N2O4. The molecule has 6 heteroatoms. The first-order chi connectivity index (χ1) is 10.0. The summed E-state index contributed by atoms with van der Waals surface area (Å²) in [6, 6.07) is 5.95. The molecule has 1 heterocycles. The zero-order chi connectivity index (χ0) is 15.4. The van der Waals surface area contributed by atoms with Crippen molar-refractivity contribution in [2.24, 2.45) is 0 Å². The maximum Gasteiger partial charge on any atom is 0.269 e. The van der Waals surface area contributed by atoms with Gasteiger partial charge in [-0.2, -0.15) is 0 Å². The van der Waals surface area contributed by atoms with Crippen molar-refractivity contribution in [1.29, 1.82) is 0 Å². The van der Waals surface area contributed by atoms with Crippen LogP contribution in [0.1, 0.15) is 16.8 Å². The van der Waals surface area contributed by atoms with E-state index in [0.717, 1.165) is 22.6 Å². The molecule has 2 rings (SSSR count). The molecule has 0 saturated carbocycles. The number of pyridine rings is 1. The van der Waals surface area contributed by atoms with Gasteiger partial charge in [0.25, 0.3) is 5.69 Å². The lowest BCUT2D eigenvalue weighted by molar-refractivity contribution is -0.384. The van der Waals surface area contributed by atoms with Gasteiger partial charge >= 0.3 is 0 Å². The highest BCUT2D eigenvalue weighted by atomic mass is 16.6. The molecule has 1 aromatic carbocycles. The first kappa shape index (κ1) is 14.8. The van der Waals surface area contributed by atoms with Crippen LogP contribution in [0.15, 0.2) is 30.5 Å². The molecule has 0 amide bonds. The number of aryl methyl sites for hydroxylation is 1. The van der Waals surface area contributed by atoms with Gasteiger partial charge in [0.05, 0.1) is 17.7 Å². The second kappa shape index (κ2) is 6.21. The quantitative estimate of drug-likeness (QED) is 0.624. The molecule has 0 unspecified atom stereocenters. The van der Waals surface area contributed by atoms with E-state index in [2.05, 4.69) is 4.98 Å². The third-order valence-electron chi connectivity index (χ3n) is 3.17. The molecule has 110 valence electrons. The van der Waals surface area contributed by atoms with Gasteiger partial charge in [-0.3, -0.25) is 15.1 Å². The van der Waals surface area contributed by atoms with Crippen molar-refractivity contribution in [2.75, 3.05) is 7.11 Å². The Morgan fingerprint density at radius 1 is 1.24 bits per heavy atom. The van der Waals surface area contributed by atoms with E-state index < -0.39 is 4.92 Å². The third-order valence-corrected chi connectivity index (χ3v) is 3.17. The Balaban J connectivity index is 2.11. The van der Waals surface area contributed by atoms with Gasteiger partial charge in [-0.1, -0.05) is 0 Å². The van der Waals surface area contributed by atoms with E-state index in [1.54, 1.807) is 25.4 Å². The highest BCUT2D eigenvalue weighted by molar-refractivity contribution is 5.41. The minimum absolute atomic E-state index is 0.0358. The first-order valence-electron chi connectivity index (χ1n) is 6.39. The molecule has 0 aliphatic carbocycles. The zero-order valence-corrected chi connectivity index (χ0v) is 12.1. The van der Waals surface area contributed by atoms with E-state index >= 15 is 0 Å². The Morgan fingerprint density at radius 3 is 2.48 bits per heavy atom. The molecule has 0 saturated heterocycles. The van der Waals surface area contributed by atoms with Crippen LogP contribution in [0.4, 0.5) is 5.69 Å². The van der Waals surface area contributed by atoms with E-state index in [-0.39, 0.29) is 12.3 Å². The number of methoxy groups -OCH3 is 1. The summed E-state index contributed by atoms with van der Waals surface area (Å²) in [4.78, 5) is 14.5. The molecule has 0 bridgehead atoms. The van der Waals surface area contributed by atoms with E-state index in [0.29, 0.717) is 5.75 Å². The summed E-state index contributed by atoms with van der Waals surface area (Å²) in [5.74, 6) is 1.36. The summed E-state index contributed by atoms with van der Waals surface area (Å²) in [6.07, 6.45) is 1.74. The van der Waals surface area contributed by atoms with Gasteiger partial charge in [0.1, 0.15) is 18.1 Å². The van der Waals surface area contributed by atoms with Crippen molar-refractivity contribution >= 4 is 5.69 Å². The average molecular weight is 288 g/mol. The predicted octanol–water partition coefficient (Wildman–Crippen LogP) is 3.19.